The van der Waals surface area contributed by atoms with Gasteiger partial charge in [0.1, 0.15) is 5.60 Å². The van der Waals surface area contributed by atoms with E-state index in [1.807, 2.05) is 0 Å². The van der Waals surface area contributed by atoms with Crippen LogP contribution < -0.4 is 10.6 Å². The van der Waals surface area contributed by atoms with Crippen LogP contribution in [-0.2, 0) is 16.6 Å². The Morgan fingerprint density at radius 2 is 2.00 bits per heavy atom. The van der Waals surface area contributed by atoms with Crippen molar-refractivity contribution in [2.45, 2.75) is 56.8 Å². The van der Waals surface area contributed by atoms with E-state index in [1.165, 1.54) is 10.7 Å². The number of aromatic nitrogens is 2. The first-order chi connectivity index (χ1) is 11.3. The number of nitrogens with zero attached hydrogens (tertiary/aromatic N) is 2. The Hall–Kier alpha value is -2.23. The Morgan fingerprint density at radius 3 is 2.44 bits per heavy atom. The predicted octanol–water partition coefficient (Wildman–Crippen LogP) is 1.41. The number of rotatable bonds is 4. The van der Waals surface area contributed by atoms with Crippen LogP contribution in [0.1, 0.15) is 33.6 Å². The van der Waals surface area contributed by atoms with Crippen molar-refractivity contribution in [3.8, 4) is 0 Å². The second-order valence-electron chi connectivity index (χ2n) is 7.26. The lowest BCUT2D eigenvalue weighted by molar-refractivity contribution is -0.171. The first kappa shape index (κ1) is 19.1. The number of amides is 2. The molecule has 8 nitrogen and oxygen atoms in total. The molecule has 0 aromatic carbocycles. The molecular formula is C15H22F2N4O4. The first-order valence-electron chi connectivity index (χ1n) is 7.70. The number of nitrogens with one attached hydrogen (secondary N) is 2. The molecule has 1 aliphatic carbocycles. The molecule has 3 N–H and O–H groups in total. The van der Waals surface area contributed by atoms with E-state index in [4.69, 9.17) is 4.74 Å². The van der Waals surface area contributed by atoms with Gasteiger partial charge in [-0.2, -0.15) is 5.10 Å². The molecule has 0 spiro atoms. The number of aryl methyl sites for hydroxylation is 1. The lowest BCUT2D eigenvalue weighted by atomic mass is 9.69. The summed E-state index contributed by atoms with van der Waals surface area (Å²) in [7, 11) is 1.63. The van der Waals surface area contributed by atoms with Crippen molar-refractivity contribution in [1.82, 2.24) is 15.1 Å². The molecule has 0 saturated heterocycles. The molecule has 2 rings (SSSR count). The van der Waals surface area contributed by atoms with Crippen LogP contribution in [-0.4, -0.2) is 50.1 Å². The van der Waals surface area contributed by atoms with E-state index < -0.39 is 48.0 Å². The molecule has 25 heavy (non-hydrogen) atoms. The number of ether oxygens (including phenoxy) is 1. The lowest BCUT2D eigenvalue weighted by Crippen LogP contribution is -2.70. The van der Waals surface area contributed by atoms with Crippen LogP contribution in [0.15, 0.2) is 12.3 Å². The van der Waals surface area contributed by atoms with Gasteiger partial charge in [0, 0.05) is 32.2 Å². The van der Waals surface area contributed by atoms with Crippen LogP contribution in [0.25, 0.3) is 0 Å². The third kappa shape index (κ3) is 4.65. The highest BCUT2D eigenvalue weighted by Crippen LogP contribution is 2.47. The SMILES string of the molecule is Cn1ccc(NC(=O)C(O)C2(NC(=O)OC(C)(C)C)CC(F)(F)C2)n1. The largest absolute Gasteiger partial charge is 0.444 e. The molecular weight excluding hydrogens is 338 g/mol. The Kier molecular flexibility index (Phi) is 4.77. The summed E-state index contributed by atoms with van der Waals surface area (Å²) in [5.41, 5.74) is -2.65. The molecule has 1 heterocycles. The highest BCUT2D eigenvalue weighted by molar-refractivity contribution is 5.94. The van der Waals surface area contributed by atoms with Crippen molar-refractivity contribution in [2.24, 2.45) is 7.05 Å². The van der Waals surface area contributed by atoms with E-state index in [9.17, 15) is 23.5 Å². The molecule has 1 atom stereocenters. The van der Waals surface area contributed by atoms with Gasteiger partial charge in [-0.05, 0) is 20.8 Å². The number of hydrogen-bond donors (Lipinski definition) is 3. The molecule has 0 bridgehead atoms. The third-order valence-electron chi connectivity index (χ3n) is 3.63. The number of carbonyl (C=O) groups is 2. The van der Waals surface area contributed by atoms with Crippen LogP contribution in [0.4, 0.5) is 19.4 Å². The number of aliphatic hydroxyl groups is 1. The van der Waals surface area contributed by atoms with Gasteiger partial charge in [-0.15, -0.1) is 0 Å². The molecule has 1 fully saturated rings. The zero-order valence-corrected chi connectivity index (χ0v) is 14.5. The first-order valence-corrected chi connectivity index (χ1v) is 7.70. The van der Waals surface area contributed by atoms with Gasteiger partial charge in [-0.1, -0.05) is 0 Å². The fourth-order valence-electron chi connectivity index (χ4n) is 2.66. The maximum absolute atomic E-state index is 13.4. The van der Waals surface area contributed by atoms with E-state index >= 15 is 0 Å². The Morgan fingerprint density at radius 1 is 1.40 bits per heavy atom. The summed E-state index contributed by atoms with van der Waals surface area (Å²) >= 11 is 0. The molecule has 140 valence electrons. The Labute approximate surface area is 143 Å². The summed E-state index contributed by atoms with van der Waals surface area (Å²) in [5, 5.41) is 18.8. The lowest BCUT2D eigenvalue weighted by Gasteiger charge is -2.49. The number of aliphatic hydroxyl groups excluding tert-OH is 1. The van der Waals surface area contributed by atoms with E-state index in [1.54, 1.807) is 34.0 Å². The van der Waals surface area contributed by atoms with E-state index in [-0.39, 0.29) is 5.82 Å². The van der Waals surface area contributed by atoms with Gasteiger partial charge in [0.05, 0.1) is 5.54 Å². The van der Waals surface area contributed by atoms with Gasteiger partial charge in [0.15, 0.2) is 11.9 Å². The molecule has 0 aliphatic heterocycles. The number of anilines is 1. The standard InChI is InChI=1S/C15H22F2N4O4/c1-13(2,3)25-12(24)19-14(7-15(16,17)8-14)10(22)11(23)18-9-5-6-21(4)20-9/h5-6,10,22H,7-8H2,1-4H3,(H,19,24)(H,18,20,23). The zero-order chi connectivity index (χ0) is 19.0. The minimum atomic E-state index is -3.08. The zero-order valence-electron chi connectivity index (χ0n) is 14.5. The van der Waals surface area contributed by atoms with Gasteiger partial charge in [0.25, 0.3) is 11.8 Å². The van der Waals surface area contributed by atoms with Crippen molar-refractivity contribution >= 4 is 17.8 Å². The van der Waals surface area contributed by atoms with Crippen molar-refractivity contribution in [3.63, 3.8) is 0 Å². The maximum atomic E-state index is 13.4. The quantitative estimate of drug-likeness (QED) is 0.753. The second-order valence-corrected chi connectivity index (χ2v) is 7.26. The van der Waals surface area contributed by atoms with Gasteiger partial charge in [-0.25, -0.2) is 13.6 Å². The fraction of sp³-hybridized carbons (Fsp3) is 0.667. The normalized spacial score (nSPS) is 19.5. The van der Waals surface area contributed by atoms with E-state index in [2.05, 4.69) is 15.7 Å². The average molecular weight is 360 g/mol. The number of alkyl halides is 2. The molecule has 0 radical (unpaired) electrons. The molecule has 1 aromatic rings. The number of hydrogen-bond acceptors (Lipinski definition) is 5. The summed E-state index contributed by atoms with van der Waals surface area (Å²) in [6, 6.07) is 1.48. The van der Waals surface area contributed by atoms with Crippen LogP contribution in [0, 0.1) is 0 Å². The molecule has 2 amide bonds. The topological polar surface area (TPSA) is 105 Å². The molecule has 1 unspecified atom stereocenters. The van der Waals surface area contributed by atoms with Gasteiger partial charge >= 0.3 is 6.09 Å². The van der Waals surface area contributed by atoms with Crippen molar-refractivity contribution in [1.29, 1.82) is 0 Å². The minimum Gasteiger partial charge on any atom is -0.444 e. The number of halogens is 2. The highest BCUT2D eigenvalue weighted by atomic mass is 19.3. The van der Waals surface area contributed by atoms with Crippen LogP contribution >= 0.6 is 0 Å². The predicted molar refractivity (Wildman–Crippen MR) is 84.1 cm³/mol. The summed E-state index contributed by atoms with van der Waals surface area (Å²) in [4.78, 5) is 24.1. The van der Waals surface area contributed by atoms with E-state index in [0.29, 0.717) is 0 Å². The molecule has 10 heteroatoms. The van der Waals surface area contributed by atoms with Gasteiger partial charge < -0.3 is 20.5 Å². The Bertz CT molecular complexity index is 661. The smallest absolute Gasteiger partial charge is 0.408 e. The van der Waals surface area contributed by atoms with Gasteiger partial charge in [-0.3, -0.25) is 9.48 Å². The average Bonchev–Trinajstić information content (AvgIpc) is 2.78. The molecule has 1 saturated carbocycles. The van der Waals surface area contributed by atoms with Crippen molar-refractivity contribution in [3.05, 3.63) is 12.3 Å². The minimum absolute atomic E-state index is 0.157. The van der Waals surface area contributed by atoms with Crippen LogP contribution in [0.2, 0.25) is 0 Å². The second kappa shape index (κ2) is 6.25. The highest BCUT2D eigenvalue weighted by Gasteiger charge is 2.63. The van der Waals surface area contributed by atoms with Crippen molar-refractivity contribution < 1.29 is 28.2 Å². The summed E-state index contributed by atoms with van der Waals surface area (Å²) < 4.78 is 33.3. The molecule has 1 aromatic heterocycles. The van der Waals surface area contributed by atoms with Crippen molar-refractivity contribution in [2.75, 3.05) is 5.32 Å². The van der Waals surface area contributed by atoms with Crippen LogP contribution in [0.3, 0.4) is 0 Å². The van der Waals surface area contributed by atoms with Gasteiger partial charge in [0.2, 0.25) is 0 Å². The maximum Gasteiger partial charge on any atom is 0.408 e. The number of carbonyl (C=O) groups excluding carboxylic acids is 2. The number of alkyl carbamates (subject to hydrolysis) is 1. The van der Waals surface area contributed by atoms with E-state index in [0.717, 1.165) is 0 Å². The third-order valence-corrected chi connectivity index (χ3v) is 3.63. The monoisotopic (exact) mass is 360 g/mol. The summed E-state index contributed by atoms with van der Waals surface area (Å²) in [6.45, 7) is 4.83. The summed E-state index contributed by atoms with van der Waals surface area (Å²) in [5.74, 6) is -3.86. The summed E-state index contributed by atoms with van der Waals surface area (Å²) in [6.07, 6.45) is -3.03. The van der Waals surface area contributed by atoms with Crippen LogP contribution in [0.5, 0.6) is 0 Å². The fourth-order valence-corrected chi connectivity index (χ4v) is 2.66. The Balaban J connectivity index is 2.10. The molecule has 1 aliphatic rings.